The SMILES string of the molecule is CC(C)[C@@H](CO)Nc1ncc[nH]c1=O. The van der Waals surface area contributed by atoms with Crippen molar-refractivity contribution in [1.29, 1.82) is 0 Å². The fourth-order valence-corrected chi connectivity index (χ4v) is 1.05. The van der Waals surface area contributed by atoms with Crippen LogP contribution in [-0.4, -0.2) is 27.7 Å². The highest BCUT2D eigenvalue weighted by molar-refractivity contribution is 5.31. The molecule has 5 nitrogen and oxygen atoms in total. The van der Waals surface area contributed by atoms with Crippen molar-refractivity contribution >= 4 is 5.82 Å². The van der Waals surface area contributed by atoms with Crippen LogP contribution in [0.5, 0.6) is 0 Å². The summed E-state index contributed by atoms with van der Waals surface area (Å²) in [4.78, 5) is 17.6. The van der Waals surface area contributed by atoms with Gasteiger partial charge in [0.2, 0.25) is 0 Å². The van der Waals surface area contributed by atoms with Crippen molar-refractivity contribution in [3.8, 4) is 0 Å². The van der Waals surface area contributed by atoms with Crippen LogP contribution in [0.25, 0.3) is 0 Å². The number of aromatic amines is 1. The molecule has 0 saturated heterocycles. The van der Waals surface area contributed by atoms with Crippen molar-refractivity contribution in [2.45, 2.75) is 19.9 Å². The molecular formula is C9H15N3O2. The summed E-state index contributed by atoms with van der Waals surface area (Å²) in [5.41, 5.74) is -0.272. The van der Waals surface area contributed by atoms with E-state index in [0.717, 1.165) is 0 Å². The van der Waals surface area contributed by atoms with E-state index in [9.17, 15) is 4.79 Å². The van der Waals surface area contributed by atoms with E-state index >= 15 is 0 Å². The summed E-state index contributed by atoms with van der Waals surface area (Å²) in [7, 11) is 0. The first-order valence-corrected chi connectivity index (χ1v) is 4.56. The third-order valence-corrected chi connectivity index (χ3v) is 2.03. The molecule has 0 amide bonds. The van der Waals surface area contributed by atoms with Crippen molar-refractivity contribution in [2.24, 2.45) is 5.92 Å². The number of nitrogens with zero attached hydrogens (tertiary/aromatic N) is 1. The number of H-pyrrole nitrogens is 1. The van der Waals surface area contributed by atoms with Gasteiger partial charge in [-0.1, -0.05) is 13.8 Å². The van der Waals surface area contributed by atoms with E-state index in [1.165, 1.54) is 12.4 Å². The van der Waals surface area contributed by atoms with E-state index in [2.05, 4.69) is 15.3 Å². The van der Waals surface area contributed by atoms with Gasteiger partial charge in [-0.3, -0.25) is 4.79 Å². The molecule has 14 heavy (non-hydrogen) atoms. The van der Waals surface area contributed by atoms with Gasteiger partial charge in [0.1, 0.15) is 0 Å². The first-order chi connectivity index (χ1) is 6.65. The molecule has 3 N–H and O–H groups in total. The zero-order valence-corrected chi connectivity index (χ0v) is 8.32. The van der Waals surface area contributed by atoms with Gasteiger partial charge in [0.05, 0.1) is 12.6 Å². The number of aliphatic hydroxyl groups excluding tert-OH is 1. The zero-order valence-electron chi connectivity index (χ0n) is 8.32. The highest BCUT2D eigenvalue weighted by atomic mass is 16.3. The van der Waals surface area contributed by atoms with Crippen LogP contribution in [0.1, 0.15) is 13.8 Å². The van der Waals surface area contributed by atoms with Crippen molar-refractivity contribution in [3.05, 3.63) is 22.7 Å². The number of hydrogen-bond acceptors (Lipinski definition) is 4. The molecule has 0 unspecified atom stereocenters. The number of aliphatic hydroxyl groups is 1. The molecule has 0 aliphatic rings. The van der Waals surface area contributed by atoms with Crippen LogP contribution >= 0.6 is 0 Å². The standard InChI is InChI=1S/C9H15N3O2/c1-6(2)7(5-13)12-8-9(14)11-4-3-10-8/h3-4,6-7,13H,5H2,1-2H3,(H,10,12)(H,11,14)/t7-/m1/s1. The van der Waals surface area contributed by atoms with Gasteiger partial charge in [-0.15, -0.1) is 0 Å². The van der Waals surface area contributed by atoms with Crippen LogP contribution in [0, 0.1) is 5.92 Å². The van der Waals surface area contributed by atoms with Gasteiger partial charge in [-0.2, -0.15) is 0 Å². The highest BCUT2D eigenvalue weighted by Crippen LogP contribution is 2.05. The maximum absolute atomic E-state index is 11.2. The quantitative estimate of drug-likeness (QED) is 0.644. The number of nitrogens with one attached hydrogen (secondary N) is 2. The van der Waals surface area contributed by atoms with Crippen LogP contribution in [-0.2, 0) is 0 Å². The molecule has 0 fully saturated rings. The van der Waals surface area contributed by atoms with Crippen LogP contribution in [0.15, 0.2) is 17.2 Å². The Morgan fingerprint density at radius 2 is 2.36 bits per heavy atom. The number of rotatable bonds is 4. The van der Waals surface area contributed by atoms with Crippen LogP contribution in [0.4, 0.5) is 5.82 Å². The average Bonchev–Trinajstić information content (AvgIpc) is 2.16. The maximum atomic E-state index is 11.2. The highest BCUT2D eigenvalue weighted by Gasteiger charge is 2.13. The van der Waals surface area contributed by atoms with Gasteiger partial charge < -0.3 is 15.4 Å². The monoisotopic (exact) mass is 197 g/mol. The molecule has 0 bridgehead atoms. The lowest BCUT2D eigenvalue weighted by molar-refractivity contribution is 0.249. The molecule has 0 aliphatic carbocycles. The third-order valence-electron chi connectivity index (χ3n) is 2.03. The van der Waals surface area contributed by atoms with Crippen LogP contribution < -0.4 is 10.9 Å². The second kappa shape index (κ2) is 4.76. The number of anilines is 1. The summed E-state index contributed by atoms with van der Waals surface area (Å²) in [6.45, 7) is 3.91. The molecule has 0 radical (unpaired) electrons. The first kappa shape index (κ1) is 10.7. The minimum absolute atomic E-state index is 0.0202. The van der Waals surface area contributed by atoms with Gasteiger partial charge in [-0.05, 0) is 5.92 Å². The molecule has 1 rings (SSSR count). The Labute approximate surface area is 82.2 Å². The summed E-state index contributed by atoms with van der Waals surface area (Å²) < 4.78 is 0. The van der Waals surface area contributed by atoms with Crippen molar-refractivity contribution in [2.75, 3.05) is 11.9 Å². The third kappa shape index (κ3) is 2.56. The van der Waals surface area contributed by atoms with Gasteiger partial charge in [0, 0.05) is 12.4 Å². The molecule has 1 heterocycles. The number of aromatic nitrogens is 2. The molecule has 1 aromatic heterocycles. The lowest BCUT2D eigenvalue weighted by Crippen LogP contribution is -2.32. The van der Waals surface area contributed by atoms with Crippen LogP contribution in [0.2, 0.25) is 0 Å². The topological polar surface area (TPSA) is 78.0 Å². The Morgan fingerprint density at radius 1 is 1.64 bits per heavy atom. The molecule has 5 heteroatoms. The smallest absolute Gasteiger partial charge is 0.290 e. The van der Waals surface area contributed by atoms with E-state index in [1.54, 1.807) is 0 Å². The van der Waals surface area contributed by atoms with Crippen LogP contribution in [0.3, 0.4) is 0 Å². The van der Waals surface area contributed by atoms with Gasteiger partial charge in [0.15, 0.2) is 5.82 Å². The molecule has 78 valence electrons. The van der Waals surface area contributed by atoms with E-state index in [4.69, 9.17) is 5.11 Å². The molecule has 0 saturated carbocycles. The van der Waals surface area contributed by atoms with Gasteiger partial charge >= 0.3 is 0 Å². The molecular weight excluding hydrogens is 182 g/mol. The molecule has 0 aromatic carbocycles. The van der Waals surface area contributed by atoms with Crippen molar-refractivity contribution in [3.63, 3.8) is 0 Å². The summed E-state index contributed by atoms with van der Waals surface area (Å²) in [6, 6.07) is -0.147. The van der Waals surface area contributed by atoms with E-state index in [-0.39, 0.29) is 29.9 Å². The molecule has 1 atom stereocenters. The lowest BCUT2D eigenvalue weighted by atomic mass is 10.1. The first-order valence-electron chi connectivity index (χ1n) is 4.56. The van der Waals surface area contributed by atoms with Crippen molar-refractivity contribution in [1.82, 2.24) is 9.97 Å². The Morgan fingerprint density at radius 3 is 2.86 bits per heavy atom. The number of hydrogen-bond donors (Lipinski definition) is 3. The lowest BCUT2D eigenvalue weighted by Gasteiger charge is -2.19. The normalized spacial score (nSPS) is 12.9. The summed E-state index contributed by atoms with van der Waals surface area (Å²) >= 11 is 0. The zero-order chi connectivity index (χ0) is 10.6. The maximum Gasteiger partial charge on any atom is 0.290 e. The summed E-state index contributed by atoms with van der Waals surface area (Å²) in [5.74, 6) is 0.488. The second-order valence-electron chi connectivity index (χ2n) is 3.44. The fraction of sp³-hybridized carbons (Fsp3) is 0.556. The van der Waals surface area contributed by atoms with E-state index in [1.807, 2.05) is 13.8 Å². The predicted molar refractivity (Wildman–Crippen MR) is 54.2 cm³/mol. The van der Waals surface area contributed by atoms with E-state index < -0.39 is 0 Å². The molecule has 0 spiro atoms. The predicted octanol–water partition coefficient (Wildman–Crippen LogP) is 0.199. The second-order valence-corrected chi connectivity index (χ2v) is 3.44. The minimum Gasteiger partial charge on any atom is -0.394 e. The average molecular weight is 197 g/mol. The Kier molecular flexibility index (Phi) is 3.64. The van der Waals surface area contributed by atoms with Crippen molar-refractivity contribution < 1.29 is 5.11 Å². The Balaban J connectivity index is 2.77. The van der Waals surface area contributed by atoms with Gasteiger partial charge in [0.25, 0.3) is 5.56 Å². The summed E-state index contributed by atoms with van der Waals surface area (Å²) in [6.07, 6.45) is 2.97. The summed E-state index contributed by atoms with van der Waals surface area (Å²) in [5, 5.41) is 11.9. The van der Waals surface area contributed by atoms with E-state index in [0.29, 0.717) is 0 Å². The fourth-order valence-electron chi connectivity index (χ4n) is 1.05. The molecule has 1 aromatic rings. The minimum atomic E-state index is -0.272. The van der Waals surface area contributed by atoms with Gasteiger partial charge in [-0.25, -0.2) is 4.98 Å². The Hall–Kier alpha value is -1.36. The largest absolute Gasteiger partial charge is 0.394 e. The Bertz CT molecular complexity index is 335. The molecule has 0 aliphatic heterocycles.